The van der Waals surface area contributed by atoms with Crippen molar-refractivity contribution in [1.82, 2.24) is 9.88 Å². The number of amides is 2. The molecule has 1 aromatic carbocycles. The van der Waals surface area contributed by atoms with Crippen molar-refractivity contribution >= 4 is 29.3 Å². The Hall–Kier alpha value is -3.42. The van der Waals surface area contributed by atoms with E-state index < -0.39 is 0 Å². The van der Waals surface area contributed by atoms with Crippen LogP contribution in [0.4, 0.5) is 11.5 Å². The highest BCUT2D eigenvalue weighted by molar-refractivity contribution is 6.04. The number of carbonyl (C=O) groups is 3. The molecule has 1 saturated carbocycles. The van der Waals surface area contributed by atoms with Crippen LogP contribution < -0.4 is 10.2 Å². The van der Waals surface area contributed by atoms with E-state index in [1.54, 1.807) is 12.3 Å². The third kappa shape index (κ3) is 6.48. The fourth-order valence-corrected chi connectivity index (χ4v) is 5.13. The number of methoxy groups -OCH3 is 1. The Bertz CT molecular complexity index is 1110. The third-order valence-corrected chi connectivity index (χ3v) is 7.52. The zero-order chi connectivity index (χ0) is 26.6. The summed E-state index contributed by atoms with van der Waals surface area (Å²) in [7, 11) is 1.42. The van der Waals surface area contributed by atoms with Crippen LogP contribution in [-0.4, -0.2) is 61.0 Å². The highest BCUT2D eigenvalue weighted by Crippen LogP contribution is 2.31. The van der Waals surface area contributed by atoms with Gasteiger partial charge in [-0.25, -0.2) is 4.98 Å². The van der Waals surface area contributed by atoms with Crippen molar-refractivity contribution in [2.24, 2.45) is 11.8 Å². The van der Waals surface area contributed by atoms with Crippen LogP contribution in [0, 0.1) is 11.8 Å². The molecular formula is C29H38N4O4. The largest absolute Gasteiger partial charge is 0.469 e. The summed E-state index contributed by atoms with van der Waals surface area (Å²) in [5.41, 5.74) is 2.43. The van der Waals surface area contributed by atoms with Crippen molar-refractivity contribution in [1.29, 1.82) is 0 Å². The van der Waals surface area contributed by atoms with E-state index in [1.165, 1.54) is 7.11 Å². The van der Waals surface area contributed by atoms with Gasteiger partial charge >= 0.3 is 5.97 Å². The van der Waals surface area contributed by atoms with Crippen LogP contribution >= 0.6 is 0 Å². The van der Waals surface area contributed by atoms with Gasteiger partial charge in [-0.15, -0.1) is 0 Å². The number of nitrogens with zero attached hydrogens (tertiary/aromatic N) is 3. The minimum atomic E-state index is -0.192. The Balaban J connectivity index is 1.28. The van der Waals surface area contributed by atoms with Crippen LogP contribution in [0.25, 0.3) is 0 Å². The maximum absolute atomic E-state index is 13.0. The first-order valence-corrected chi connectivity index (χ1v) is 13.1. The molecule has 2 heterocycles. The predicted octanol–water partition coefficient (Wildman–Crippen LogP) is 4.26. The van der Waals surface area contributed by atoms with Crippen molar-refractivity contribution in [3.63, 3.8) is 0 Å². The van der Waals surface area contributed by atoms with Crippen molar-refractivity contribution in [2.45, 2.75) is 51.9 Å². The summed E-state index contributed by atoms with van der Waals surface area (Å²) in [6.45, 7) is 9.11. The van der Waals surface area contributed by atoms with Gasteiger partial charge in [-0.05, 0) is 60.9 Å². The summed E-state index contributed by atoms with van der Waals surface area (Å²) in [5, 5.41) is 2.97. The summed E-state index contributed by atoms with van der Waals surface area (Å²) in [5.74, 6) is 0.561. The standard InChI is InChI=1S/C29H38N4O4/c1-29(2,3)23-6-5-7-24(18-23)31-26(34)22-12-13-25(30-19-22)32-14-16-33(17-15-32)27(35)20-8-10-21(11-9-20)28(36)37-4/h5-7,12-13,18-21H,8-11,14-17H2,1-4H3,(H,31,34)/t20-,21-. The van der Waals surface area contributed by atoms with Crippen molar-refractivity contribution < 1.29 is 19.1 Å². The van der Waals surface area contributed by atoms with E-state index in [-0.39, 0.29) is 35.0 Å². The average molecular weight is 507 g/mol. The second-order valence-corrected chi connectivity index (χ2v) is 11.1. The molecule has 0 radical (unpaired) electrons. The van der Waals surface area contributed by atoms with Crippen molar-refractivity contribution in [3.05, 3.63) is 53.7 Å². The fourth-order valence-electron chi connectivity index (χ4n) is 5.13. The van der Waals surface area contributed by atoms with E-state index in [9.17, 15) is 14.4 Å². The summed E-state index contributed by atoms with van der Waals surface area (Å²) < 4.78 is 4.85. The molecule has 1 saturated heterocycles. The molecule has 2 fully saturated rings. The van der Waals surface area contributed by atoms with E-state index in [4.69, 9.17) is 4.74 Å². The van der Waals surface area contributed by atoms with Gasteiger partial charge in [0.25, 0.3) is 5.91 Å². The quantitative estimate of drug-likeness (QED) is 0.610. The first kappa shape index (κ1) is 26.6. The van der Waals surface area contributed by atoms with Crippen LogP contribution in [0.1, 0.15) is 62.4 Å². The number of hydrogen-bond acceptors (Lipinski definition) is 6. The zero-order valence-corrected chi connectivity index (χ0v) is 22.3. The molecule has 198 valence electrons. The van der Waals surface area contributed by atoms with Crippen LogP contribution in [0.2, 0.25) is 0 Å². The SMILES string of the molecule is COC(=O)[C@H]1CC[C@H](C(=O)N2CCN(c3ccc(C(=O)Nc4cccc(C(C)(C)C)c4)cn3)CC2)CC1. The number of ether oxygens (including phenoxy) is 1. The smallest absolute Gasteiger partial charge is 0.308 e. The van der Waals surface area contributed by atoms with Crippen LogP contribution in [0.3, 0.4) is 0 Å². The molecule has 1 aliphatic carbocycles. The number of rotatable bonds is 5. The number of piperazine rings is 1. The maximum atomic E-state index is 13.0. The zero-order valence-electron chi connectivity index (χ0n) is 22.3. The summed E-state index contributed by atoms with van der Waals surface area (Å²) in [6, 6.07) is 11.6. The van der Waals surface area contributed by atoms with Gasteiger partial charge in [-0.3, -0.25) is 14.4 Å². The van der Waals surface area contributed by atoms with Gasteiger partial charge in [-0.2, -0.15) is 0 Å². The van der Waals surface area contributed by atoms with E-state index in [0.29, 0.717) is 31.7 Å². The number of aromatic nitrogens is 1. The second kappa shape index (κ2) is 11.3. The molecule has 0 atom stereocenters. The minimum absolute atomic E-state index is 0.00253. The number of carbonyl (C=O) groups excluding carboxylic acids is 3. The molecule has 2 aliphatic rings. The molecule has 0 bridgehead atoms. The Kier molecular flexibility index (Phi) is 8.15. The lowest BCUT2D eigenvalue weighted by Crippen LogP contribution is -2.51. The van der Waals surface area contributed by atoms with Crippen LogP contribution in [0.5, 0.6) is 0 Å². The predicted molar refractivity (Wildman–Crippen MR) is 144 cm³/mol. The summed E-state index contributed by atoms with van der Waals surface area (Å²) >= 11 is 0. The molecule has 1 aliphatic heterocycles. The van der Waals surface area contributed by atoms with Gasteiger partial charge in [0.15, 0.2) is 0 Å². The highest BCUT2D eigenvalue weighted by atomic mass is 16.5. The molecular weight excluding hydrogens is 468 g/mol. The summed E-state index contributed by atoms with van der Waals surface area (Å²) in [6.07, 6.45) is 4.52. The van der Waals surface area contributed by atoms with Gasteiger partial charge in [0.1, 0.15) is 5.82 Å². The second-order valence-electron chi connectivity index (χ2n) is 11.1. The molecule has 8 heteroatoms. The Morgan fingerprint density at radius 3 is 2.22 bits per heavy atom. The highest BCUT2D eigenvalue weighted by Gasteiger charge is 2.33. The molecule has 8 nitrogen and oxygen atoms in total. The van der Waals surface area contributed by atoms with Gasteiger partial charge in [0.05, 0.1) is 18.6 Å². The normalized spacial score (nSPS) is 20.3. The van der Waals surface area contributed by atoms with Gasteiger partial charge < -0.3 is 19.9 Å². The van der Waals surface area contributed by atoms with E-state index in [0.717, 1.165) is 42.8 Å². The number of esters is 1. The van der Waals surface area contributed by atoms with Gasteiger partial charge in [0, 0.05) is 44.0 Å². The molecule has 1 aromatic heterocycles. The summed E-state index contributed by atoms with van der Waals surface area (Å²) in [4.78, 5) is 46.2. The fraction of sp³-hybridized carbons (Fsp3) is 0.517. The lowest BCUT2D eigenvalue weighted by molar-refractivity contribution is -0.148. The Morgan fingerprint density at radius 2 is 1.62 bits per heavy atom. The van der Waals surface area contributed by atoms with E-state index >= 15 is 0 Å². The number of anilines is 2. The van der Waals surface area contributed by atoms with E-state index in [1.807, 2.05) is 29.2 Å². The van der Waals surface area contributed by atoms with Crippen LogP contribution in [0.15, 0.2) is 42.6 Å². The molecule has 0 unspecified atom stereocenters. The molecule has 0 spiro atoms. The maximum Gasteiger partial charge on any atom is 0.308 e. The number of nitrogens with one attached hydrogen (secondary N) is 1. The Labute approximate surface area is 219 Å². The molecule has 2 amide bonds. The van der Waals surface area contributed by atoms with E-state index in [2.05, 4.69) is 42.0 Å². The monoisotopic (exact) mass is 506 g/mol. The first-order chi connectivity index (χ1) is 17.7. The molecule has 37 heavy (non-hydrogen) atoms. The number of benzene rings is 1. The van der Waals surface area contributed by atoms with Gasteiger partial charge in [-0.1, -0.05) is 32.9 Å². The van der Waals surface area contributed by atoms with Crippen LogP contribution in [-0.2, 0) is 19.7 Å². The van der Waals surface area contributed by atoms with Crippen molar-refractivity contribution in [2.75, 3.05) is 43.5 Å². The molecule has 4 rings (SSSR count). The van der Waals surface area contributed by atoms with Crippen molar-refractivity contribution in [3.8, 4) is 0 Å². The first-order valence-electron chi connectivity index (χ1n) is 13.1. The van der Waals surface area contributed by atoms with Gasteiger partial charge in [0.2, 0.25) is 5.91 Å². The number of hydrogen-bond donors (Lipinski definition) is 1. The average Bonchev–Trinajstić information content (AvgIpc) is 2.92. The number of pyridine rings is 1. The minimum Gasteiger partial charge on any atom is -0.469 e. The molecule has 2 aromatic rings. The lowest BCUT2D eigenvalue weighted by Gasteiger charge is -2.38. The topological polar surface area (TPSA) is 91.8 Å². The molecule has 1 N–H and O–H groups in total. The lowest BCUT2D eigenvalue weighted by atomic mass is 9.81. The Morgan fingerprint density at radius 1 is 0.946 bits per heavy atom. The third-order valence-electron chi connectivity index (χ3n) is 7.52.